The Morgan fingerprint density at radius 1 is 1.12 bits per heavy atom. The molecule has 0 aliphatic heterocycles. The molecule has 0 unspecified atom stereocenters. The average Bonchev–Trinajstić information content (AvgIpc) is 3.37. The summed E-state index contributed by atoms with van der Waals surface area (Å²) in [4.78, 5) is 12.1. The van der Waals surface area contributed by atoms with Crippen LogP contribution in [0.15, 0.2) is 60.8 Å². The van der Waals surface area contributed by atoms with E-state index in [2.05, 4.69) is 42.7 Å². The van der Waals surface area contributed by atoms with Gasteiger partial charge in [-0.3, -0.25) is 4.79 Å². The molecule has 1 aliphatic rings. The lowest BCUT2D eigenvalue weighted by Gasteiger charge is -2.04. The second-order valence-electron chi connectivity index (χ2n) is 6.99. The topological polar surface area (TPSA) is 46.9 Å². The van der Waals surface area contributed by atoms with Crippen molar-refractivity contribution in [3.63, 3.8) is 0 Å². The Labute approximate surface area is 153 Å². The molecule has 2 aromatic carbocycles. The van der Waals surface area contributed by atoms with Gasteiger partial charge >= 0.3 is 0 Å². The minimum atomic E-state index is 0.134. The maximum Gasteiger partial charge on any atom is 0.220 e. The van der Waals surface area contributed by atoms with E-state index >= 15 is 0 Å². The summed E-state index contributed by atoms with van der Waals surface area (Å²) in [5.74, 6) is 0.134. The number of amides is 1. The zero-order valence-corrected chi connectivity index (χ0v) is 15.0. The van der Waals surface area contributed by atoms with Gasteiger partial charge in [0.1, 0.15) is 0 Å². The van der Waals surface area contributed by atoms with Gasteiger partial charge in [-0.1, -0.05) is 48.0 Å². The van der Waals surface area contributed by atoms with E-state index in [9.17, 15) is 4.79 Å². The van der Waals surface area contributed by atoms with E-state index in [-0.39, 0.29) is 5.91 Å². The highest BCUT2D eigenvalue weighted by Crippen LogP contribution is 2.25. The SMILES string of the molecule is Cc1ccc(-c2nn(-c3ccccc3)cc2CCC(=O)NC2CC2)cc1. The third-order valence-electron chi connectivity index (χ3n) is 4.70. The van der Waals surface area contributed by atoms with Gasteiger partial charge in [0, 0.05) is 24.2 Å². The summed E-state index contributed by atoms with van der Waals surface area (Å²) in [7, 11) is 0. The molecule has 1 N–H and O–H groups in total. The van der Waals surface area contributed by atoms with Gasteiger partial charge in [-0.2, -0.15) is 5.10 Å². The number of benzene rings is 2. The van der Waals surface area contributed by atoms with Crippen LogP contribution in [0, 0.1) is 6.92 Å². The summed E-state index contributed by atoms with van der Waals surface area (Å²) in [5, 5.41) is 7.88. The van der Waals surface area contributed by atoms with Gasteiger partial charge in [-0.05, 0) is 43.9 Å². The zero-order valence-electron chi connectivity index (χ0n) is 15.0. The smallest absolute Gasteiger partial charge is 0.220 e. The summed E-state index contributed by atoms with van der Waals surface area (Å²) in [5.41, 5.74) is 5.38. The number of para-hydroxylation sites is 1. The molecule has 132 valence electrons. The Bertz CT molecular complexity index is 893. The van der Waals surface area contributed by atoms with Crippen molar-refractivity contribution < 1.29 is 4.79 Å². The Hall–Kier alpha value is -2.88. The summed E-state index contributed by atoms with van der Waals surface area (Å²) in [6, 6.07) is 18.9. The molecule has 1 aromatic heterocycles. The van der Waals surface area contributed by atoms with Crippen molar-refractivity contribution in [1.82, 2.24) is 15.1 Å². The van der Waals surface area contributed by atoms with Gasteiger partial charge in [0.2, 0.25) is 5.91 Å². The van der Waals surface area contributed by atoms with E-state index < -0.39 is 0 Å². The molecule has 0 radical (unpaired) electrons. The van der Waals surface area contributed by atoms with Gasteiger partial charge in [-0.15, -0.1) is 0 Å². The van der Waals surface area contributed by atoms with Gasteiger partial charge in [0.25, 0.3) is 0 Å². The van der Waals surface area contributed by atoms with Crippen molar-refractivity contribution >= 4 is 5.91 Å². The largest absolute Gasteiger partial charge is 0.353 e. The molecule has 1 fully saturated rings. The summed E-state index contributed by atoms with van der Waals surface area (Å²) in [6.07, 6.45) is 5.47. The molecule has 1 heterocycles. The van der Waals surface area contributed by atoms with Crippen molar-refractivity contribution in [2.75, 3.05) is 0 Å². The van der Waals surface area contributed by atoms with E-state index in [1.165, 1.54) is 5.56 Å². The van der Waals surface area contributed by atoms with E-state index in [4.69, 9.17) is 5.10 Å². The Kier molecular flexibility index (Phi) is 4.57. The molecule has 4 rings (SSSR count). The molecule has 0 atom stereocenters. The number of carbonyl (C=O) groups is 1. The minimum absolute atomic E-state index is 0.134. The predicted molar refractivity (Wildman–Crippen MR) is 103 cm³/mol. The first-order chi connectivity index (χ1) is 12.7. The third-order valence-corrected chi connectivity index (χ3v) is 4.70. The van der Waals surface area contributed by atoms with Crippen molar-refractivity contribution in [3.05, 3.63) is 71.9 Å². The van der Waals surface area contributed by atoms with Crippen LogP contribution >= 0.6 is 0 Å². The lowest BCUT2D eigenvalue weighted by molar-refractivity contribution is -0.121. The highest BCUT2D eigenvalue weighted by Gasteiger charge is 2.23. The molecule has 1 aliphatic carbocycles. The molecule has 4 nitrogen and oxygen atoms in total. The van der Waals surface area contributed by atoms with Crippen molar-refractivity contribution in [3.8, 4) is 16.9 Å². The summed E-state index contributed by atoms with van der Waals surface area (Å²) < 4.78 is 1.91. The fourth-order valence-electron chi connectivity index (χ4n) is 3.04. The number of nitrogens with zero attached hydrogens (tertiary/aromatic N) is 2. The van der Waals surface area contributed by atoms with Crippen LogP contribution in [0.5, 0.6) is 0 Å². The second-order valence-corrected chi connectivity index (χ2v) is 6.99. The van der Waals surface area contributed by atoms with Gasteiger partial charge in [0.15, 0.2) is 0 Å². The normalized spacial score (nSPS) is 13.6. The average molecular weight is 345 g/mol. The molecule has 1 amide bonds. The molecule has 4 heteroatoms. The van der Waals surface area contributed by atoms with E-state index in [0.29, 0.717) is 18.9 Å². The Morgan fingerprint density at radius 3 is 2.54 bits per heavy atom. The molecule has 1 saturated carbocycles. The summed E-state index contributed by atoms with van der Waals surface area (Å²) >= 11 is 0. The molecule has 26 heavy (non-hydrogen) atoms. The van der Waals surface area contributed by atoms with Gasteiger partial charge < -0.3 is 5.32 Å². The number of nitrogens with one attached hydrogen (secondary N) is 1. The second kappa shape index (κ2) is 7.16. The standard InChI is InChI=1S/C22H23N3O/c1-16-7-9-17(10-8-16)22-18(11-14-21(26)23-19-12-13-19)15-25(24-22)20-5-3-2-4-6-20/h2-10,15,19H,11-14H2,1H3,(H,23,26). The molecule has 0 saturated heterocycles. The molecular weight excluding hydrogens is 322 g/mol. The number of hydrogen-bond acceptors (Lipinski definition) is 2. The fraction of sp³-hybridized carbons (Fsp3) is 0.273. The van der Waals surface area contributed by atoms with Crippen LogP contribution in [-0.2, 0) is 11.2 Å². The number of rotatable bonds is 6. The van der Waals surface area contributed by atoms with Crippen molar-refractivity contribution in [2.24, 2.45) is 0 Å². The van der Waals surface area contributed by atoms with Gasteiger partial charge in [-0.25, -0.2) is 4.68 Å². The maximum absolute atomic E-state index is 12.1. The highest BCUT2D eigenvalue weighted by atomic mass is 16.1. The first kappa shape index (κ1) is 16.6. The van der Waals surface area contributed by atoms with Crippen LogP contribution in [0.2, 0.25) is 0 Å². The lowest BCUT2D eigenvalue weighted by atomic mass is 10.0. The first-order valence-electron chi connectivity index (χ1n) is 9.19. The van der Waals surface area contributed by atoms with Crippen LogP contribution < -0.4 is 5.32 Å². The first-order valence-corrected chi connectivity index (χ1v) is 9.19. The van der Waals surface area contributed by atoms with E-state index in [0.717, 1.165) is 35.3 Å². The van der Waals surface area contributed by atoms with Crippen LogP contribution in [0.3, 0.4) is 0 Å². The van der Waals surface area contributed by atoms with Crippen molar-refractivity contribution in [1.29, 1.82) is 0 Å². The van der Waals surface area contributed by atoms with Crippen LogP contribution in [0.4, 0.5) is 0 Å². The van der Waals surface area contributed by atoms with Crippen LogP contribution in [0.25, 0.3) is 16.9 Å². The molecule has 0 bridgehead atoms. The highest BCUT2D eigenvalue weighted by molar-refractivity contribution is 5.77. The third kappa shape index (κ3) is 3.85. The predicted octanol–water partition coefficient (Wildman–Crippen LogP) is 4.06. The molecular formula is C22H23N3O. The van der Waals surface area contributed by atoms with Crippen molar-refractivity contribution in [2.45, 2.75) is 38.6 Å². The van der Waals surface area contributed by atoms with Crippen LogP contribution in [-0.4, -0.2) is 21.7 Å². The molecule has 0 spiro atoms. The summed E-state index contributed by atoms with van der Waals surface area (Å²) in [6.45, 7) is 2.08. The Morgan fingerprint density at radius 2 is 1.85 bits per heavy atom. The maximum atomic E-state index is 12.1. The van der Waals surface area contributed by atoms with Crippen LogP contribution in [0.1, 0.15) is 30.4 Å². The molecule has 3 aromatic rings. The van der Waals surface area contributed by atoms with E-state index in [1.54, 1.807) is 0 Å². The number of aryl methyl sites for hydroxylation is 2. The fourth-order valence-corrected chi connectivity index (χ4v) is 3.04. The lowest BCUT2D eigenvalue weighted by Crippen LogP contribution is -2.25. The van der Waals surface area contributed by atoms with E-state index in [1.807, 2.05) is 35.0 Å². The van der Waals surface area contributed by atoms with Gasteiger partial charge in [0.05, 0.1) is 11.4 Å². The zero-order chi connectivity index (χ0) is 17.9. The number of carbonyl (C=O) groups excluding carboxylic acids is 1. The number of hydrogen-bond donors (Lipinski definition) is 1. The quantitative estimate of drug-likeness (QED) is 0.732. The Balaban J connectivity index is 1.62. The number of aromatic nitrogens is 2. The minimum Gasteiger partial charge on any atom is -0.353 e. The monoisotopic (exact) mass is 345 g/mol.